The number of carboxylic acid groups (broad SMARTS) is 4. The molecule has 0 saturated heterocycles. The van der Waals surface area contributed by atoms with Gasteiger partial charge in [0, 0.05) is 23.3 Å². The van der Waals surface area contributed by atoms with Gasteiger partial charge in [-0.15, -0.1) is 0 Å². The van der Waals surface area contributed by atoms with Gasteiger partial charge in [-0.1, -0.05) is 0 Å². The van der Waals surface area contributed by atoms with Gasteiger partial charge in [0.05, 0.1) is 0 Å². The van der Waals surface area contributed by atoms with Crippen LogP contribution in [0.25, 0.3) is 0 Å². The van der Waals surface area contributed by atoms with Gasteiger partial charge in [0.1, 0.15) is 0 Å². The van der Waals surface area contributed by atoms with Gasteiger partial charge < -0.3 is 20.4 Å². The minimum Gasteiger partial charge on any atom is -0.478 e. The van der Waals surface area contributed by atoms with E-state index in [1.165, 1.54) is 13.8 Å². The fraction of sp³-hybridized carbons (Fsp3) is 0.200. The normalized spacial score (nSPS) is 11.0. The van der Waals surface area contributed by atoms with Crippen LogP contribution in [0.4, 0.5) is 0 Å². The van der Waals surface area contributed by atoms with Crippen molar-refractivity contribution in [3.63, 3.8) is 0 Å². The lowest BCUT2D eigenvalue weighted by molar-refractivity contribution is -0.135. The first-order chi connectivity index (χ1) is 8.09. The molecule has 18 heavy (non-hydrogen) atoms. The van der Waals surface area contributed by atoms with Crippen molar-refractivity contribution >= 4 is 23.9 Å². The first-order valence-electron chi connectivity index (χ1n) is 4.37. The predicted molar refractivity (Wildman–Crippen MR) is 58.1 cm³/mol. The molecule has 0 aromatic rings. The van der Waals surface area contributed by atoms with Crippen LogP contribution in [0.5, 0.6) is 0 Å². The highest BCUT2D eigenvalue weighted by atomic mass is 16.4. The molecular formula is C10H12O8. The topological polar surface area (TPSA) is 149 Å². The first-order valence-corrected chi connectivity index (χ1v) is 4.37. The van der Waals surface area contributed by atoms with Gasteiger partial charge >= 0.3 is 23.9 Å². The molecule has 100 valence electrons. The third-order valence-corrected chi connectivity index (χ3v) is 1.57. The zero-order valence-electron chi connectivity index (χ0n) is 9.58. The van der Waals surface area contributed by atoms with Crippen LogP contribution < -0.4 is 0 Å². The number of hydrogen-bond donors (Lipinski definition) is 4. The second-order valence-corrected chi connectivity index (χ2v) is 2.87. The second kappa shape index (κ2) is 8.50. The highest BCUT2D eigenvalue weighted by molar-refractivity contribution is 5.97. The van der Waals surface area contributed by atoms with Crippen molar-refractivity contribution in [1.82, 2.24) is 0 Å². The van der Waals surface area contributed by atoms with E-state index < -0.39 is 23.9 Å². The molecule has 0 rings (SSSR count). The SMILES string of the molecule is C/C(C(=O)O)=C(/C)C(=O)O.O=C(O)/C=C\C(=O)O. The smallest absolute Gasteiger partial charge is 0.331 e. The quantitative estimate of drug-likeness (QED) is 0.523. The maximum atomic E-state index is 10.1. The van der Waals surface area contributed by atoms with Gasteiger partial charge in [-0.05, 0) is 13.8 Å². The molecule has 0 aromatic heterocycles. The monoisotopic (exact) mass is 260 g/mol. The third-order valence-electron chi connectivity index (χ3n) is 1.57. The maximum Gasteiger partial charge on any atom is 0.331 e. The predicted octanol–water partition coefficient (Wildman–Crippen LogP) is 0.204. The summed E-state index contributed by atoms with van der Waals surface area (Å²) in [6, 6.07) is 0. The molecule has 0 radical (unpaired) electrons. The standard InChI is InChI=1S/C6H8O4.C4H4O4/c1-3(5(7)8)4(2)6(9)10;5-3(6)1-2-4(7)8/h1-2H3,(H,7,8)(H,9,10);1-2H,(H,5,6)(H,7,8)/b4-3+;2-1-. The van der Waals surface area contributed by atoms with E-state index in [2.05, 4.69) is 0 Å². The number of hydrogen-bond acceptors (Lipinski definition) is 4. The molecule has 0 unspecified atom stereocenters. The van der Waals surface area contributed by atoms with Gasteiger partial charge in [-0.3, -0.25) is 0 Å². The summed E-state index contributed by atoms with van der Waals surface area (Å²) in [5, 5.41) is 32.2. The van der Waals surface area contributed by atoms with Crippen LogP contribution >= 0.6 is 0 Å². The summed E-state index contributed by atoms with van der Waals surface area (Å²) in [6.07, 6.45) is 1.12. The molecule has 8 heteroatoms. The highest BCUT2D eigenvalue weighted by Gasteiger charge is 2.09. The molecule has 0 aliphatic carbocycles. The van der Waals surface area contributed by atoms with Crippen molar-refractivity contribution in [2.24, 2.45) is 0 Å². The number of carboxylic acids is 4. The minimum atomic E-state index is -1.26. The summed E-state index contributed by atoms with van der Waals surface area (Å²) in [4.78, 5) is 39.4. The number of aliphatic carboxylic acids is 4. The van der Waals surface area contributed by atoms with Crippen LogP contribution in [0.1, 0.15) is 13.8 Å². The zero-order chi connectivity index (χ0) is 14.9. The Morgan fingerprint density at radius 2 is 0.889 bits per heavy atom. The third kappa shape index (κ3) is 9.90. The fourth-order valence-electron chi connectivity index (χ4n) is 0.463. The lowest BCUT2D eigenvalue weighted by atomic mass is 10.1. The summed E-state index contributed by atoms with van der Waals surface area (Å²) in [5.74, 6) is -4.90. The molecule has 0 aliphatic heterocycles. The van der Waals surface area contributed by atoms with Crippen LogP contribution in [0.15, 0.2) is 23.3 Å². The molecule has 4 N–H and O–H groups in total. The maximum absolute atomic E-state index is 10.1. The number of carbonyl (C=O) groups is 4. The van der Waals surface area contributed by atoms with E-state index in [1.807, 2.05) is 0 Å². The van der Waals surface area contributed by atoms with Gasteiger partial charge in [0.25, 0.3) is 0 Å². The summed E-state index contributed by atoms with van der Waals surface area (Å²) in [7, 11) is 0. The van der Waals surface area contributed by atoms with Crippen LogP contribution in [0.2, 0.25) is 0 Å². The van der Waals surface area contributed by atoms with Gasteiger partial charge in [-0.2, -0.15) is 0 Å². The highest BCUT2D eigenvalue weighted by Crippen LogP contribution is 2.02. The van der Waals surface area contributed by atoms with Crippen molar-refractivity contribution in [2.45, 2.75) is 13.8 Å². The molecule has 0 saturated carbocycles. The average Bonchev–Trinajstić information content (AvgIpc) is 2.24. The fourth-order valence-corrected chi connectivity index (χ4v) is 0.463. The summed E-state index contributed by atoms with van der Waals surface area (Å²) < 4.78 is 0. The summed E-state index contributed by atoms with van der Waals surface area (Å²) in [6.45, 7) is 2.51. The van der Waals surface area contributed by atoms with E-state index in [0.29, 0.717) is 12.2 Å². The van der Waals surface area contributed by atoms with E-state index in [-0.39, 0.29) is 11.1 Å². The van der Waals surface area contributed by atoms with E-state index in [0.717, 1.165) is 0 Å². The Morgan fingerprint density at radius 3 is 1.00 bits per heavy atom. The lowest BCUT2D eigenvalue weighted by Gasteiger charge is -1.95. The molecule has 0 atom stereocenters. The van der Waals surface area contributed by atoms with Crippen LogP contribution in [-0.4, -0.2) is 44.3 Å². The molecule has 0 spiro atoms. The Morgan fingerprint density at radius 1 is 0.667 bits per heavy atom. The van der Waals surface area contributed by atoms with Crippen molar-refractivity contribution in [3.8, 4) is 0 Å². The van der Waals surface area contributed by atoms with E-state index in [4.69, 9.17) is 20.4 Å². The van der Waals surface area contributed by atoms with Crippen molar-refractivity contribution in [1.29, 1.82) is 0 Å². The Labute approximate surface area is 101 Å². The molecule has 0 aromatic carbocycles. The van der Waals surface area contributed by atoms with Gasteiger partial charge in [-0.25, -0.2) is 19.2 Å². The molecule has 8 nitrogen and oxygen atoms in total. The Balaban J connectivity index is 0. The van der Waals surface area contributed by atoms with Gasteiger partial charge in [0.2, 0.25) is 0 Å². The Bertz CT molecular complexity index is 378. The van der Waals surface area contributed by atoms with Crippen LogP contribution in [-0.2, 0) is 19.2 Å². The molecule has 0 fully saturated rings. The van der Waals surface area contributed by atoms with E-state index in [1.54, 1.807) is 0 Å². The summed E-state index contributed by atoms with van der Waals surface area (Å²) in [5.41, 5.74) is -0.264. The molecule has 0 amide bonds. The molecule has 0 heterocycles. The molecular weight excluding hydrogens is 248 g/mol. The Hall–Kier alpha value is -2.64. The van der Waals surface area contributed by atoms with Crippen LogP contribution in [0.3, 0.4) is 0 Å². The van der Waals surface area contributed by atoms with Crippen molar-refractivity contribution in [3.05, 3.63) is 23.3 Å². The van der Waals surface area contributed by atoms with Crippen LogP contribution in [0, 0.1) is 0 Å². The van der Waals surface area contributed by atoms with Gasteiger partial charge in [0.15, 0.2) is 0 Å². The number of rotatable bonds is 4. The average molecular weight is 260 g/mol. The van der Waals surface area contributed by atoms with E-state index in [9.17, 15) is 19.2 Å². The van der Waals surface area contributed by atoms with E-state index >= 15 is 0 Å². The minimum absolute atomic E-state index is 0.132. The zero-order valence-corrected chi connectivity index (χ0v) is 9.58. The second-order valence-electron chi connectivity index (χ2n) is 2.87. The van der Waals surface area contributed by atoms with Crippen molar-refractivity contribution in [2.75, 3.05) is 0 Å². The first kappa shape index (κ1) is 17.7. The summed E-state index contributed by atoms with van der Waals surface area (Å²) >= 11 is 0. The molecule has 0 bridgehead atoms. The molecule has 0 aliphatic rings. The Kier molecular flexibility index (Phi) is 8.38. The van der Waals surface area contributed by atoms with Crippen molar-refractivity contribution < 1.29 is 39.6 Å². The lowest BCUT2D eigenvalue weighted by Crippen LogP contribution is -2.06. The largest absolute Gasteiger partial charge is 0.478 e.